The van der Waals surface area contributed by atoms with Gasteiger partial charge in [-0.15, -0.1) is 0 Å². The summed E-state index contributed by atoms with van der Waals surface area (Å²) in [4.78, 5) is 9.25. The van der Waals surface area contributed by atoms with E-state index in [1.807, 2.05) is 6.92 Å². The Bertz CT molecular complexity index is 509. The lowest BCUT2D eigenvalue weighted by Gasteiger charge is -2.11. The molecule has 0 fully saturated rings. The van der Waals surface area contributed by atoms with Gasteiger partial charge in [-0.25, -0.2) is 9.97 Å². The molecule has 0 aliphatic rings. The first kappa shape index (κ1) is 11.1. The van der Waals surface area contributed by atoms with Crippen molar-refractivity contribution >= 4 is 11.2 Å². The van der Waals surface area contributed by atoms with Gasteiger partial charge in [-0.05, 0) is 38.8 Å². The van der Waals surface area contributed by atoms with Crippen molar-refractivity contribution in [1.82, 2.24) is 14.5 Å². The van der Waals surface area contributed by atoms with Gasteiger partial charge in [0.1, 0.15) is 11.3 Å². The Hall–Kier alpha value is -1.38. The Morgan fingerprint density at radius 3 is 2.31 bits per heavy atom. The van der Waals surface area contributed by atoms with Crippen LogP contribution in [0.5, 0.6) is 0 Å². The molecule has 3 nitrogen and oxygen atoms in total. The van der Waals surface area contributed by atoms with E-state index in [4.69, 9.17) is 4.98 Å². The second-order valence-corrected chi connectivity index (χ2v) is 4.86. The van der Waals surface area contributed by atoms with Crippen LogP contribution in [0.15, 0.2) is 12.1 Å². The summed E-state index contributed by atoms with van der Waals surface area (Å²) in [5.74, 6) is 1.50. The van der Waals surface area contributed by atoms with E-state index in [0.717, 1.165) is 22.7 Å². The van der Waals surface area contributed by atoms with E-state index < -0.39 is 0 Å². The van der Waals surface area contributed by atoms with E-state index in [0.29, 0.717) is 12.0 Å². The summed E-state index contributed by atoms with van der Waals surface area (Å²) in [6.45, 7) is 10.7. The average molecular weight is 217 g/mol. The fourth-order valence-electron chi connectivity index (χ4n) is 2.04. The highest BCUT2D eigenvalue weighted by atomic mass is 15.1. The zero-order valence-corrected chi connectivity index (χ0v) is 10.7. The third kappa shape index (κ3) is 1.70. The summed E-state index contributed by atoms with van der Waals surface area (Å²) in [5.41, 5.74) is 3.14. The molecule has 86 valence electrons. The highest BCUT2D eigenvalue weighted by Crippen LogP contribution is 2.21. The normalized spacial score (nSPS) is 11.9. The molecule has 0 saturated carbocycles. The van der Waals surface area contributed by atoms with E-state index >= 15 is 0 Å². The van der Waals surface area contributed by atoms with E-state index in [-0.39, 0.29) is 0 Å². The predicted molar refractivity (Wildman–Crippen MR) is 66.7 cm³/mol. The Kier molecular flexibility index (Phi) is 2.70. The summed E-state index contributed by atoms with van der Waals surface area (Å²) in [6.07, 6.45) is 0. The smallest absolute Gasteiger partial charge is 0.160 e. The Morgan fingerprint density at radius 2 is 1.75 bits per heavy atom. The second kappa shape index (κ2) is 3.89. The van der Waals surface area contributed by atoms with E-state index in [1.165, 1.54) is 0 Å². The fraction of sp³-hybridized carbons (Fsp3) is 0.538. The number of pyridine rings is 1. The summed E-state index contributed by atoms with van der Waals surface area (Å²) < 4.78 is 2.20. The van der Waals surface area contributed by atoms with Crippen LogP contribution < -0.4 is 0 Å². The molecule has 2 aromatic rings. The molecule has 0 atom stereocenters. The molecule has 16 heavy (non-hydrogen) atoms. The van der Waals surface area contributed by atoms with Crippen molar-refractivity contribution in [3.8, 4) is 0 Å². The number of aryl methyl sites for hydroxylation is 1. The number of fused-ring (bicyclic) bond motifs is 1. The van der Waals surface area contributed by atoms with Crippen LogP contribution in [0.4, 0.5) is 0 Å². The highest BCUT2D eigenvalue weighted by Gasteiger charge is 2.12. The lowest BCUT2D eigenvalue weighted by atomic mass is 10.1. The molecule has 0 N–H and O–H groups in total. The van der Waals surface area contributed by atoms with Crippen molar-refractivity contribution in [2.75, 3.05) is 0 Å². The average Bonchev–Trinajstić information content (AvgIpc) is 2.51. The van der Waals surface area contributed by atoms with Gasteiger partial charge in [-0.2, -0.15) is 0 Å². The number of hydrogen-bond acceptors (Lipinski definition) is 2. The Morgan fingerprint density at radius 1 is 1.06 bits per heavy atom. The Balaban J connectivity index is 2.69. The third-order valence-electron chi connectivity index (χ3n) is 2.84. The van der Waals surface area contributed by atoms with Gasteiger partial charge in [0.15, 0.2) is 5.65 Å². The molecule has 0 unspecified atom stereocenters. The Labute approximate surface area is 96.5 Å². The molecule has 0 spiro atoms. The largest absolute Gasteiger partial charge is 0.310 e. The molecule has 0 bridgehead atoms. The molecule has 0 amide bonds. The molecule has 2 heterocycles. The van der Waals surface area contributed by atoms with Gasteiger partial charge in [0, 0.05) is 11.7 Å². The SMILES string of the molecule is Cc1nc2ccc(C(C)C)nc2n1C(C)C. The first-order valence-electron chi connectivity index (χ1n) is 5.86. The number of nitrogens with zero attached hydrogens (tertiary/aromatic N) is 3. The number of imidazole rings is 1. The van der Waals surface area contributed by atoms with Crippen molar-refractivity contribution in [2.45, 2.75) is 46.6 Å². The van der Waals surface area contributed by atoms with E-state index in [9.17, 15) is 0 Å². The molecule has 3 heteroatoms. The van der Waals surface area contributed by atoms with Crippen LogP contribution >= 0.6 is 0 Å². The molecule has 2 rings (SSSR count). The van der Waals surface area contributed by atoms with Crippen LogP contribution in [-0.4, -0.2) is 14.5 Å². The highest BCUT2D eigenvalue weighted by molar-refractivity contribution is 5.72. The summed E-state index contributed by atoms with van der Waals surface area (Å²) in [6, 6.07) is 4.55. The number of aromatic nitrogens is 3. The van der Waals surface area contributed by atoms with Crippen molar-refractivity contribution in [1.29, 1.82) is 0 Å². The minimum atomic E-state index is 0.403. The van der Waals surface area contributed by atoms with Crippen LogP contribution in [0.25, 0.3) is 11.2 Å². The molecule has 0 radical (unpaired) electrons. The van der Waals surface area contributed by atoms with Gasteiger partial charge in [0.25, 0.3) is 0 Å². The van der Waals surface area contributed by atoms with Crippen molar-refractivity contribution in [3.63, 3.8) is 0 Å². The monoisotopic (exact) mass is 217 g/mol. The van der Waals surface area contributed by atoms with Crippen LogP contribution in [0.1, 0.15) is 51.2 Å². The maximum Gasteiger partial charge on any atom is 0.160 e. The van der Waals surface area contributed by atoms with Gasteiger partial charge >= 0.3 is 0 Å². The summed E-state index contributed by atoms with van der Waals surface area (Å²) in [5, 5.41) is 0. The fourth-order valence-corrected chi connectivity index (χ4v) is 2.04. The number of hydrogen-bond donors (Lipinski definition) is 0. The molecular weight excluding hydrogens is 198 g/mol. The molecule has 0 aromatic carbocycles. The van der Waals surface area contributed by atoms with Gasteiger partial charge < -0.3 is 4.57 Å². The van der Waals surface area contributed by atoms with Crippen LogP contribution in [0, 0.1) is 6.92 Å². The van der Waals surface area contributed by atoms with Crippen molar-refractivity contribution < 1.29 is 0 Å². The minimum Gasteiger partial charge on any atom is -0.310 e. The second-order valence-electron chi connectivity index (χ2n) is 4.86. The minimum absolute atomic E-state index is 0.403. The summed E-state index contributed by atoms with van der Waals surface area (Å²) in [7, 11) is 0. The first-order valence-corrected chi connectivity index (χ1v) is 5.86. The van der Waals surface area contributed by atoms with Crippen molar-refractivity contribution in [3.05, 3.63) is 23.7 Å². The third-order valence-corrected chi connectivity index (χ3v) is 2.84. The lowest BCUT2D eigenvalue weighted by molar-refractivity contribution is 0.594. The quantitative estimate of drug-likeness (QED) is 0.771. The molecule has 2 aromatic heterocycles. The standard InChI is InChI=1S/C13H19N3/c1-8(2)11-6-7-12-13(15-11)16(9(3)4)10(5)14-12/h6-9H,1-5H3. The zero-order valence-electron chi connectivity index (χ0n) is 10.7. The van der Waals surface area contributed by atoms with Gasteiger partial charge in [0.05, 0.1) is 0 Å². The maximum atomic E-state index is 4.72. The molecule has 0 saturated heterocycles. The topological polar surface area (TPSA) is 30.7 Å². The maximum absolute atomic E-state index is 4.72. The van der Waals surface area contributed by atoms with Crippen LogP contribution in [0.3, 0.4) is 0 Å². The van der Waals surface area contributed by atoms with E-state index in [2.05, 4.69) is 49.4 Å². The molecular formula is C13H19N3. The zero-order chi connectivity index (χ0) is 11.9. The molecule has 0 aliphatic carbocycles. The van der Waals surface area contributed by atoms with Crippen molar-refractivity contribution in [2.24, 2.45) is 0 Å². The van der Waals surface area contributed by atoms with E-state index in [1.54, 1.807) is 0 Å². The lowest BCUT2D eigenvalue weighted by Crippen LogP contribution is -2.04. The van der Waals surface area contributed by atoms with Gasteiger partial charge in [-0.1, -0.05) is 13.8 Å². The predicted octanol–water partition coefficient (Wildman–Crippen LogP) is 3.44. The van der Waals surface area contributed by atoms with Crippen LogP contribution in [-0.2, 0) is 0 Å². The summed E-state index contributed by atoms with van der Waals surface area (Å²) >= 11 is 0. The van der Waals surface area contributed by atoms with Gasteiger partial charge in [-0.3, -0.25) is 0 Å². The van der Waals surface area contributed by atoms with Crippen LogP contribution in [0.2, 0.25) is 0 Å². The van der Waals surface area contributed by atoms with Gasteiger partial charge in [0.2, 0.25) is 0 Å². The number of rotatable bonds is 2. The first-order chi connectivity index (χ1) is 7.50. The molecule has 0 aliphatic heterocycles.